The second-order valence-electron chi connectivity index (χ2n) is 6.10. The van der Waals surface area contributed by atoms with Gasteiger partial charge >= 0.3 is 0 Å². The largest absolute Gasteiger partial charge is 0.486 e. The molecule has 0 fully saturated rings. The van der Waals surface area contributed by atoms with Crippen molar-refractivity contribution < 1.29 is 13.9 Å². The Labute approximate surface area is 156 Å². The molecule has 4 aromatic rings. The number of fused-ring (bicyclic) bond motifs is 1. The molecule has 2 heterocycles. The van der Waals surface area contributed by atoms with E-state index >= 15 is 0 Å². The van der Waals surface area contributed by atoms with Gasteiger partial charge in [-0.25, -0.2) is 0 Å². The van der Waals surface area contributed by atoms with Gasteiger partial charge in [0.1, 0.15) is 18.1 Å². The lowest BCUT2D eigenvalue weighted by molar-refractivity contribution is 0.0919. The van der Waals surface area contributed by atoms with E-state index in [2.05, 4.69) is 16.4 Å². The summed E-state index contributed by atoms with van der Waals surface area (Å²) in [5.41, 5.74) is 0.977. The third-order valence-corrected chi connectivity index (χ3v) is 4.19. The summed E-state index contributed by atoms with van der Waals surface area (Å²) in [6.07, 6.45) is 3.38. The quantitative estimate of drug-likeness (QED) is 0.557. The molecule has 5 heteroatoms. The molecule has 27 heavy (non-hydrogen) atoms. The average Bonchev–Trinajstić information content (AvgIpc) is 3.20. The van der Waals surface area contributed by atoms with Crippen molar-refractivity contribution in [3.63, 3.8) is 0 Å². The zero-order chi connectivity index (χ0) is 18.5. The van der Waals surface area contributed by atoms with Gasteiger partial charge in [-0.05, 0) is 52.7 Å². The summed E-state index contributed by atoms with van der Waals surface area (Å²) in [4.78, 5) is 16.1. The fraction of sp³-hybridized carbons (Fsp3) is 0.0909. The molecule has 2 aromatic carbocycles. The first-order valence-corrected chi connectivity index (χ1v) is 8.65. The lowest BCUT2D eigenvalue weighted by Gasteiger charge is -2.06. The highest BCUT2D eigenvalue weighted by Gasteiger charge is 2.11. The zero-order valence-corrected chi connectivity index (χ0v) is 14.6. The fourth-order valence-electron chi connectivity index (χ4n) is 2.76. The van der Waals surface area contributed by atoms with Gasteiger partial charge in [0, 0.05) is 18.9 Å². The molecule has 5 nitrogen and oxygen atoms in total. The van der Waals surface area contributed by atoms with E-state index in [1.807, 2.05) is 48.5 Å². The highest BCUT2D eigenvalue weighted by Crippen LogP contribution is 2.21. The SMILES string of the molecule is O=C(NCc1ccncc1)c1ccc(COc2ccc3ccccc3c2)o1. The third kappa shape index (κ3) is 4.15. The summed E-state index contributed by atoms with van der Waals surface area (Å²) in [5.74, 6) is 1.36. The van der Waals surface area contributed by atoms with Crippen LogP contribution in [0.25, 0.3) is 10.8 Å². The Bertz CT molecular complexity index is 1060. The normalized spacial score (nSPS) is 10.7. The number of carbonyl (C=O) groups is 1. The monoisotopic (exact) mass is 358 g/mol. The summed E-state index contributed by atoms with van der Waals surface area (Å²) in [7, 11) is 0. The molecule has 0 saturated carbocycles. The van der Waals surface area contributed by atoms with Crippen LogP contribution in [0, 0.1) is 0 Å². The molecule has 4 rings (SSSR count). The van der Waals surface area contributed by atoms with E-state index in [-0.39, 0.29) is 18.3 Å². The number of furan rings is 1. The predicted molar refractivity (Wildman–Crippen MR) is 102 cm³/mol. The zero-order valence-electron chi connectivity index (χ0n) is 14.6. The van der Waals surface area contributed by atoms with E-state index < -0.39 is 0 Å². The van der Waals surface area contributed by atoms with Crippen LogP contribution in [0.4, 0.5) is 0 Å². The minimum absolute atomic E-state index is 0.260. The van der Waals surface area contributed by atoms with Gasteiger partial charge in [-0.1, -0.05) is 30.3 Å². The van der Waals surface area contributed by atoms with Gasteiger partial charge in [-0.3, -0.25) is 9.78 Å². The van der Waals surface area contributed by atoms with Gasteiger partial charge in [0.25, 0.3) is 5.91 Å². The van der Waals surface area contributed by atoms with Crippen LogP contribution in [0.5, 0.6) is 5.75 Å². The molecule has 0 aliphatic rings. The van der Waals surface area contributed by atoms with Gasteiger partial charge in [-0.15, -0.1) is 0 Å². The van der Waals surface area contributed by atoms with Crippen molar-refractivity contribution in [3.05, 3.63) is 96.2 Å². The van der Waals surface area contributed by atoms with Crippen LogP contribution < -0.4 is 10.1 Å². The van der Waals surface area contributed by atoms with Crippen LogP contribution in [-0.2, 0) is 13.2 Å². The topological polar surface area (TPSA) is 64.4 Å². The highest BCUT2D eigenvalue weighted by molar-refractivity contribution is 5.91. The molecule has 0 unspecified atom stereocenters. The van der Waals surface area contributed by atoms with Crippen molar-refractivity contribution in [2.45, 2.75) is 13.2 Å². The molecule has 0 radical (unpaired) electrons. The lowest BCUT2D eigenvalue weighted by atomic mass is 10.1. The molecule has 0 bridgehead atoms. The molecule has 0 aliphatic heterocycles. The van der Waals surface area contributed by atoms with Gasteiger partial charge in [0.2, 0.25) is 0 Å². The minimum atomic E-state index is -0.260. The first kappa shape index (κ1) is 16.8. The van der Waals surface area contributed by atoms with Gasteiger partial charge in [0.05, 0.1) is 0 Å². The number of benzene rings is 2. The summed E-state index contributed by atoms with van der Waals surface area (Å²) in [6.45, 7) is 0.681. The molecule has 0 saturated heterocycles. The molecule has 1 N–H and O–H groups in total. The van der Waals surface area contributed by atoms with Crippen LogP contribution in [0.15, 0.2) is 83.5 Å². The summed E-state index contributed by atoms with van der Waals surface area (Å²) >= 11 is 0. The number of hydrogen-bond donors (Lipinski definition) is 1. The van der Waals surface area contributed by atoms with Crippen molar-refractivity contribution in [1.29, 1.82) is 0 Å². The van der Waals surface area contributed by atoms with Crippen molar-refractivity contribution in [2.24, 2.45) is 0 Å². The van der Waals surface area contributed by atoms with E-state index in [9.17, 15) is 4.79 Å². The van der Waals surface area contributed by atoms with Crippen molar-refractivity contribution in [2.75, 3.05) is 0 Å². The van der Waals surface area contributed by atoms with E-state index in [0.29, 0.717) is 12.3 Å². The number of pyridine rings is 1. The number of ether oxygens (including phenoxy) is 1. The predicted octanol–water partition coefficient (Wildman–Crippen LogP) is 4.34. The number of aromatic nitrogens is 1. The van der Waals surface area contributed by atoms with Crippen molar-refractivity contribution in [1.82, 2.24) is 10.3 Å². The van der Waals surface area contributed by atoms with Gasteiger partial charge < -0.3 is 14.5 Å². The molecular weight excluding hydrogens is 340 g/mol. The molecule has 0 aliphatic carbocycles. The van der Waals surface area contributed by atoms with Crippen molar-refractivity contribution >= 4 is 16.7 Å². The van der Waals surface area contributed by atoms with E-state index in [4.69, 9.17) is 9.15 Å². The van der Waals surface area contributed by atoms with Crippen molar-refractivity contribution in [3.8, 4) is 5.75 Å². The molecule has 0 atom stereocenters. The minimum Gasteiger partial charge on any atom is -0.486 e. The molecule has 0 spiro atoms. The summed E-state index contributed by atoms with van der Waals surface area (Å²) < 4.78 is 11.4. The molecule has 134 valence electrons. The Kier molecular flexibility index (Phi) is 4.83. The number of nitrogens with zero attached hydrogens (tertiary/aromatic N) is 1. The Morgan fingerprint density at radius 2 is 1.78 bits per heavy atom. The van der Waals surface area contributed by atoms with Crippen LogP contribution in [-0.4, -0.2) is 10.9 Å². The van der Waals surface area contributed by atoms with Crippen LogP contribution in [0.1, 0.15) is 21.9 Å². The van der Waals surface area contributed by atoms with Gasteiger partial charge in [0.15, 0.2) is 5.76 Å². The fourth-order valence-corrected chi connectivity index (χ4v) is 2.76. The smallest absolute Gasteiger partial charge is 0.287 e. The molecule has 1 amide bonds. The first-order chi connectivity index (χ1) is 13.3. The van der Waals surface area contributed by atoms with Crippen LogP contribution in [0.3, 0.4) is 0 Å². The Balaban J connectivity index is 1.35. The van der Waals surface area contributed by atoms with Crippen LogP contribution >= 0.6 is 0 Å². The third-order valence-electron chi connectivity index (χ3n) is 4.19. The summed E-state index contributed by atoms with van der Waals surface area (Å²) in [5, 5.41) is 5.10. The maximum atomic E-state index is 12.2. The number of hydrogen-bond acceptors (Lipinski definition) is 4. The summed E-state index contributed by atoms with van der Waals surface area (Å²) in [6, 6.07) is 21.1. The average molecular weight is 358 g/mol. The second-order valence-corrected chi connectivity index (χ2v) is 6.10. The van der Waals surface area contributed by atoms with E-state index in [0.717, 1.165) is 22.1 Å². The van der Waals surface area contributed by atoms with Crippen LogP contribution in [0.2, 0.25) is 0 Å². The first-order valence-electron chi connectivity index (χ1n) is 8.65. The Morgan fingerprint density at radius 1 is 0.963 bits per heavy atom. The maximum absolute atomic E-state index is 12.2. The number of nitrogens with one attached hydrogen (secondary N) is 1. The second kappa shape index (κ2) is 7.74. The Hall–Kier alpha value is -3.60. The highest BCUT2D eigenvalue weighted by atomic mass is 16.5. The molecular formula is C22H18N2O3. The molecule has 2 aromatic heterocycles. The Morgan fingerprint density at radius 3 is 2.63 bits per heavy atom. The van der Waals surface area contributed by atoms with Gasteiger partial charge in [-0.2, -0.15) is 0 Å². The van der Waals surface area contributed by atoms with E-state index in [1.165, 1.54) is 0 Å². The number of rotatable bonds is 6. The standard InChI is InChI=1S/C22H18N2O3/c25-22(24-14-16-9-11-23-12-10-16)21-8-7-20(27-21)15-26-19-6-5-17-3-1-2-4-18(17)13-19/h1-13H,14-15H2,(H,24,25). The number of carbonyl (C=O) groups excluding carboxylic acids is 1. The maximum Gasteiger partial charge on any atom is 0.287 e. The van der Waals surface area contributed by atoms with E-state index in [1.54, 1.807) is 24.5 Å². The lowest BCUT2D eigenvalue weighted by Crippen LogP contribution is -2.22. The number of amides is 1.